The number of aliphatic carboxylic acids is 1. The summed E-state index contributed by atoms with van der Waals surface area (Å²) >= 11 is 0. The van der Waals surface area contributed by atoms with Gasteiger partial charge >= 0.3 is 5.97 Å². The number of carbonyl (C=O) groups is 1. The van der Waals surface area contributed by atoms with Gasteiger partial charge in [-0.25, -0.2) is 14.8 Å². The highest BCUT2D eigenvalue weighted by molar-refractivity contribution is 5.89. The van der Waals surface area contributed by atoms with Crippen molar-refractivity contribution in [2.24, 2.45) is 0 Å². The largest absolute Gasteiger partial charge is 0.480 e. The zero-order valence-corrected chi connectivity index (χ0v) is 10.4. The molecule has 1 unspecified atom stereocenters. The third-order valence-corrected chi connectivity index (χ3v) is 2.75. The van der Waals surface area contributed by atoms with Gasteiger partial charge < -0.3 is 15.4 Å². The number of carboxylic acids is 1. The molecule has 96 valence electrons. The maximum atomic E-state index is 11.1. The van der Waals surface area contributed by atoms with Crippen LogP contribution in [-0.4, -0.2) is 32.1 Å². The minimum atomic E-state index is -0.865. The molecule has 0 fully saturated rings. The molecule has 0 spiro atoms. The summed E-state index contributed by atoms with van der Waals surface area (Å²) in [7, 11) is 0. The van der Waals surface area contributed by atoms with E-state index in [0.717, 1.165) is 17.5 Å². The molecule has 3 N–H and O–H groups in total. The van der Waals surface area contributed by atoms with Gasteiger partial charge in [0.25, 0.3) is 0 Å². The van der Waals surface area contributed by atoms with E-state index in [9.17, 15) is 4.79 Å². The van der Waals surface area contributed by atoms with Crippen LogP contribution in [0.5, 0.6) is 0 Å². The van der Waals surface area contributed by atoms with Gasteiger partial charge in [-0.2, -0.15) is 0 Å². The lowest BCUT2D eigenvalue weighted by Gasteiger charge is -2.14. The molecule has 6 nitrogen and oxygen atoms in total. The number of aromatic nitrogens is 3. The number of hydrogen-bond acceptors (Lipinski definition) is 4. The lowest BCUT2D eigenvalue weighted by atomic mass is 10.1. The van der Waals surface area contributed by atoms with Crippen molar-refractivity contribution in [2.75, 3.05) is 5.32 Å². The van der Waals surface area contributed by atoms with Gasteiger partial charge in [-0.15, -0.1) is 0 Å². The standard InChI is InChI=1S/C12H16N4O2/c1-3-4-9(12(17)18)16-11-8-5-7(2)15-10(8)13-6-14-11/h5-6,9H,3-4H2,1-2H3,(H,17,18)(H2,13,14,15,16). The number of fused-ring (bicyclic) bond motifs is 1. The first-order valence-electron chi connectivity index (χ1n) is 5.91. The van der Waals surface area contributed by atoms with Crippen LogP contribution in [0, 0.1) is 6.92 Å². The van der Waals surface area contributed by atoms with E-state index in [1.807, 2.05) is 19.9 Å². The molecule has 0 saturated carbocycles. The van der Waals surface area contributed by atoms with E-state index in [1.54, 1.807) is 0 Å². The topological polar surface area (TPSA) is 90.9 Å². The molecule has 0 aliphatic heterocycles. The fourth-order valence-corrected chi connectivity index (χ4v) is 1.90. The Morgan fingerprint density at radius 3 is 3.00 bits per heavy atom. The molecule has 18 heavy (non-hydrogen) atoms. The maximum Gasteiger partial charge on any atom is 0.326 e. The second-order valence-electron chi connectivity index (χ2n) is 4.26. The van der Waals surface area contributed by atoms with Gasteiger partial charge in [0.1, 0.15) is 23.8 Å². The van der Waals surface area contributed by atoms with Crippen LogP contribution in [0.25, 0.3) is 11.0 Å². The van der Waals surface area contributed by atoms with Gasteiger partial charge in [0.2, 0.25) is 0 Å². The molecule has 0 amide bonds. The molecular formula is C12H16N4O2. The number of carboxylic acid groups (broad SMARTS) is 1. The highest BCUT2D eigenvalue weighted by Crippen LogP contribution is 2.21. The Kier molecular flexibility index (Phi) is 3.45. The first-order chi connectivity index (χ1) is 8.61. The molecule has 2 heterocycles. The maximum absolute atomic E-state index is 11.1. The smallest absolute Gasteiger partial charge is 0.326 e. The Morgan fingerprint density at radius 1 is 1.56 bits per heavy atom. The molecule has 0 aliphatic carbocycles. The molecule has 0 bridgehead atoms. The molecule has 0 radical (unpaired) electrons. The van der Waals surface area contributed by atoms with Gasteiger partial charge in [-0.3, -0.25) is 0 Å². The molecule has 2 rings (SSSR count). The van der Waals surface area contributed by atoms with Crippen molar-refractivity contribution < 1.29 is 9.90 Å². The lowest BCUT2D eigenvalue weighted by molar-refractivity contribution is -0.138. The first-order valence-corrected chi connectivity index (χ1v) is 5.91. The number of hydrogen-bond donors (Lipinski definition) is 3. The fraction of sp³-hybridized carbons (Fsp3) is 0.417. The Bertz CT molecular complexity index is 564. The summed E-state index contributed by atoms with van der Waals surface area (Å²) < 4.78 is 0. The van der Waals surface area contributed by atoms with Crippen molar-refractivity contribution in [1.29, 1.82) is 0 Å². The molecule has 0 aliphatic rings. The number of H-pyrrole nitrogens is 1. The Labute approximate surface area is 104 Å². The van der Waals surface area contributed by atoms with Crippen molar-refractivity contribution in [3.8, 4) is 0 Å². The average Bonchev–Trinajstić information content (AvgIpc) is 2.69. The molecule has 0 aromatic carbocycles. The van der Waals surface area contributed by atoms with E-state index in [1.165, 1.54) is 6.33 Å². The summed E-state index contributed by atoms with van der Waals surface area (Å²) in [5, 5.41) is 12.9. The van der Waals surface area contributed by atoms with E-state index in [4.69, 9.17) is 5.11 Å². The predicted molar refractivity (Wildman–Crippen MR) is 68.6 cm³/mol. The van der Waals surface area contributed by atoms with Gasteiger partial charge in [0.05, 0.1) is 5.39 Å². The summed E-state index contributed by atoms with van der Waals surface area (Å²) in [6, 6.07) is 1.28. The van der Waals surface area contributed by atoms with E-state index in [0.29, 0.717) is 17.9 Å². The summed E-state index contributed by atoms with van der Waals surface area (Å²) in [4.78, 5) is 22.4. The fourth-order valence-electron chi connectivity index (χ4n) is 1.90. The minimum absolute atomic E-state index is 0.560. The van der Waals surface area contributed by atoms with E-state index in [2.05, 4.69) is 20.3 Å². The lowest BCUT2D eigenvalue weighted by Crippen LogP contribution is -2.29. The predicted octanol–water partition coefficient (Wildman–Crippen LogP) is 1.93. The third kappa shape index (κ3) is 2.42. The number of nitrogens with zero attached hydrogens (tertiary/aromatic N) is 2. The zero-order valence-electron chi connectivity index (χ0n) is 10.4. The number of nitrogens with one attached hydrogen (secondary N) is 2. The van der Waals surface area contributed by atoms with Gasteiger partial charge in [0, 0.05) is 5.69 Å². The molecular weight excluding hydrogens is 232 g/mol. The van der Waals surface area contributed by atoms with Crippen LogP contribution >= 0.6 is 0 Å². The average molecular weight is 248 g/mol. The Hall–Kier alpha value is -2.11. The minimum Gasteiger partial charge on any atom is -0.480 e. The second kappa shape index (κ2) is 5.03. The normalized spacial score (nSPS) is 12.6. The summed E-state index contributed by atoms with van der Waals surface area (Å²) in [5.74, 6) is -0.305. The highest BCUT2D eigenvalue weighted by Gasteiger charge is 2.18. The third-order valence-electron chi connectivity index (χ3n) is 2.75. The number of aromatic amines is 1. The van der Waals surface area contributed by atoms with Crippen LogP contribution in [0.15, 0.2) is 12.4 Å². The van der Waals surface area contributed by atoms with Crippen LogP contribution in [0.1, 0.15) is 25.5 Å². The zero-order chi connectivity index (χ0) is 13.1. The van der Waals surface area contributed by atoms with E-state index < -0.39 is 12.0 Å². The summed E-state index contributed by atoms with van der Waals surface area (Å²) in [5.41, 5.74) is 1.68. The van der Waals surface area contributed by atoms with Crippen molar-refractivity contribution in [2.45, 2.75) is 32.7 Å². The van der Waals surface area contributed by atoms with Gasteiger partial charge in [0.15, 0.2) is 0 Å². The first kappa shape index (κ1) is 12.3. The molecule has 2 aromatic heterocycles. The highest BCUT2D eigenvalue weighted by atomic mass is 16.4. The van der Waals surface area contributed by atoms with Crippen LogP contribution in [0.4, 0.5) is 5.82 Å². The van der Waals surface area contributed by atoms with E-state index >= 15 is 0 Å². The van der Waals surface area contributed by atoms with Crippen molar-refractivity contribution in [3.05, 3.63) is 18.1 Å². The van der Waals surface area contributed by atoms with Gasteiger partial charge in [-0.1, -0.05) is 13.3 Å². The van der Waals surface area contributed by atoms with Crippen LogP contribution in [-0.2, 0) is 4.79 Å². The van der Waals surface area contributed by atoms with Gasteiger partial charge in [-0.05, 0) is 19.4 Å². The van der Waals surface area contributed by atoms with E-state index in [-0.39, 0.29) is 0 Å². The SMILES string of the molecule is CCCC(Nc1ncnc2[nH]c(C)cc12)C(=O)O. The Balaban J connectivity index is 2.32. The number of aryl methyl sites for hydroxylation is 1. The number of anilines is 1. The summed E-state index contributed by atoms with van der Waals surface area (Å²) in [6.45, 7) is 3.87. The molecule has 6 heteroatoms. The van der Waals surface area contributed by atoms with Crippen molar-refractivity contribution >= 4 is 22.8 Å². The quantitative estimate of drug-likeness (QED) is 0.752. The van der Waals surface area contributed by atoms with Crippen LogP contribution < -0.4 is 5.32 Å². The van der Waals surface area contributed by atoms with Crippen LogP contribution in [0.3, 0.4) is 0 Å². The number of rotatable bonds is 5. The van der Waals surface area contributed by atoms with Crippen molar-refractivity contribution in [1.82, 2.24) is 15.0 Å². The van der Waals surface area contributed by atoms with Crippen molar-refractivity contribution in [3.63, 3.8) is 0 Å². The molecule has 0 saturated heterocycles. The molecule has 2 aromatic rings. The Morgan fingerprint density at radius 2 is 2.33 bits per heavy atom. The molecule has 1 atom stereocenters. The second-order valence-corrected chi connectivity index (χ2v) is 4.26. The summed E-state index contributed by atoms with van der Waals surface area (Å²) in [6.07, 6.45) is 2.78. The monoisotopic (exact) mass is 248 g/mol. The van der Waals surface area contributed by atoms with Crippen LogP contribution in [0.2, 0.25) is 0 Å².